The Morgan fingerprint density at radius 2 is 1.75 bits per heavy atom. The zero-order valence-electron chi connectivity index (χ0n) is 13.8. The van der Waals surface area contributed by atoms with Crippen molar-refractivity contribution in [1.82, 2.24) is 0 Å². The van der Waals surface area contributed by atoms with Crippen molar-refractivity contribution in [3.63, 3.8) is 0 Å². The zero-order chi connectivity index (χ0) is 17.5. The van der Waals surface area contributed by atoms with Gasteiger partial charge in [0.25, 0.3) is 5.91 Å². The van der Waals surface area contributed by atoms with Crippen LogP contribution in [0.1, 0.15) is 13.3 Å². The van der Waals surface area contributed by atoms with Crippen molar-refractivity contribution in [1.29, 1.82) is 0 Å². The van der Waals surface area contributed by atoms with Crippen LogP contribution in [0.25, 0.3) is 0 Å². The van der Waals surface area contributed by atoms with E-state index in [1.165, 1.54) is 7.11 Å². The molecule has 0 radical (unpaired) electrons. The van der Waals surface area contributed by atoms with E-state index in [9.17, 15) is 4.79 Å². The lowest BCUT2D eigenvalue weighted by atomic mass is 10.2. The number of carbonyl (C=O) groups is 1. The molecule has 2 rings (SSSR count). The van der Waals surface area contributed by atoms with Crippen LogP contribution in [0.2, 0.25) is 5.02 Å². The van der Waals surface area contributed by atoms with Crippen LogP contribution >= 0.6 is 11.6 Å². The van der Waals surface area contributed by atoms with E-state index >= 15 is 0 Å². The average molecular weight is 350 g/mol. The molecule has 0 bridgehead atoms. The molecule has 0 fully saturated rings. The third-order valence-electron chi connectivity index (χ3n) is 3.42. The lowest BCUT2D eigenvalue weighted by Gasteiger charge is -2.19. The summed E-state index contributed by atoms with van der Waals surface area (Å²) in [6.45, 7) is 1.88. The SMILES string of the molecule is CC[C@H](Oc1ccccc1OC)C(=O)Nc1ccc(OC)c(Cl)c1. The maximum Gasteiger partial charge on any atom is 0.265 e. The van der Waals surface area contributed by atoms with Crippen molar-refractivity contribution in [2.75, 3.05) is 19.5 Å². The second kappa shape index (κ2) is 8.45. The van der Waals surface area contributed by atoms with Crippen molar-refractivity contribution in [2.45, 2.75) is 19.4 Å². The predicted molar refractivity (Wildman–Crippen MR) is 94.3 cm³/mol. The summed E-state index contributed by atoms with van der Waals surface area (Å²) >= 11 is 6.07. The Kier molecular flexibility index (Phi) is 6.32. The number of hydrogen-bond acceptors (Lipinski definition) is 4. The fraction of sp³-hybridized carbons (Fsp3) is 0.278. The number of amides is 1. The molecule has 0 heterocycles. The van der Waals surface area contributed by atoms with Crippen molar-refractivity contribution in [2.24, 2.45) is 0 Å². The van der Waals surface area contributed by atoms with Gasteiger partial charge in [0, 0.05) is 5.69 Å². The smallest absolute Gasteiger partial charge is 0.265 e. The van der Waals surface area contributed by atoms with Gasteiger partial charge in [-0.2, -0.15) is 0 Å². The van der Waals surface area contributed by atoms with Crippen molar-refractivity contribution in [3.8, 4) is 17.2 Å². The Bertz CT molecular complexity index is 705. The highest BCUT2D eigenvalue weighted by atomic mass is 35.5. The quantitative estimate of drug-likeness (QED) is 0.815. The molecule has 0 saturated heterocycles. The molecule has 24 heavy (non-hydrogen) atoms. The molecule has 1 amide bonds. The maximum atomic E-state index is 12.5. The number of anilines is 1. The summed E-state index contributed by atoms with van der Waals surface area (Å²) in [5, 5.41) is 3.22. The highest BCUT2D eigenvalue weighted by Crippen LogP contribution is 2.29. The van der Waals surface area contributed by atoms with Crippen molar-refractivity contribution < 1.29 is 19.0 Å². The van der Waals surface area contributed by atoms with Gasteiger partial charge in [-0.3, -0.25) is 4.79 Å². The number of nitrogens with one attached hydrogen (secondary N) is 1. The second-order valence-corrected chi connectivity index (χ2v) is 5.41. The minimum absolute atomic E-state index is 0.260. The highest BCUT2D eigenvalue weighted by molar-refractivity contribution is 6.32. The average Bonchev–Trinajstić information content (AvgIpc) is 2.60. The second-order valence-electron chi connectivity index (χ2n) is 5.00. The molecule has 2 aromatic carbocycles. The maximum absolute atomic E-state index is 12.5. The first kappa shape index (κ1) is 17.9. The Hall–Kier alpha value is -2.40. The number of ether oxygens (including phenoxy) is 3. The minimum Gasteiger partial charge on any atom is -0.495 e. The zero-order valence-corrected chi connectivity index (χ0v) is 14.6. The van der Waals surface area contributed by atoms with Gasteiger partial charge in [0.05, 0.1) is 19.2 Å². The van der Waals surface area contributed by atoms with Crippen LogP contribution in [0.3, 0.4) is 0 Å². The van der Waals surface area contributed by atoms with Crippen LogP contribution in [0.15, 0.2) is 42.5 Å². The van der Waals surface area contributed by atoms with Gasteiger partial charge in [-0.25, -0.2) is 0 Å². The van der Waals surface area contributed by atoms with E-state index in [1.807, 2.05) is 19.1 Å². The van der Waals surface area contributed by atoms with E-state index in [0.29, 0.717) is 34.4 Å². The van der Waals surface area contributed by atoms with Gasteiger partial charge >= 0.3 is 0 Å². The Balaban J connectivity index is 2.10. The Labute approximate surface area is 146 Å². The van der Waals surface area contributed by atoms with E-state index in [1.54, 1.807) is 37.4 Å². The van der Waals surface area contributed by atoms with Crippen LogP contribution in [0.4, 0.5) is 5.69 Å². The molecular formula is C18H20ClNO4. The van der Waals surface area contributed by atoms with Crippen molar-refractivity contribution >= 4 is 23.2 Å². The molecule has 1 N–H and O–H groups in total. The molecule has 0 unspecified atom stereocenters. The van der Waals surface area contributed by atoms with Gasteiger partial charge in [-0.15, -0.1) is 0 Å². The van der Waals surface area contributed by atoms with Gasteiger partial charge in [0.1, 0.15) is 5.75 Å². The minimum atomic E-state index is -0.651. The number of carbonyl (C=O) groups excluding carboxylic acids is 1. The number of methoxy groups -OCH3 is 2. The van der Waals surface area contributed by atoms with E-state index in [4.69, 9.17) is 25.8 Å². The number of benzene rings is 2. The van der Waals surface area contributed by atoms with Crippen LogP contribution in [0.5, 0.6) is 17.2 Å². The van der Waals surface area contributed by atoms with Crippen LogP contribution in [-0.4, -0.2) is 26.2 Å². The molecule has 0 aromatic heterocycles. The molecule has 1 atom stereocenters. The van der Waals surface area contributed by atoms with Gasteiger partial charge in [0.2, 0.25) is 0 Å². The molecule has 0 spiro atoms. The van der Waals surface area contributed by atoms with E-state index < -0.39 is 6.10 Å². The first-order chi connectivity index (χ1) is 11.6. The lowest BCUT2D eigenvalue weighted by molar-refractivity contribution is -0.122. The number of hydrogen-bond donors (Lipinski definition) is 1. The summed E-state index contributed by atoms with van der Waals surface area (Å²) in [6, 6.07) is 12.3. The number of rotatable bonds is 7. The number of halogens is 1. The fourth-order valence-corrected chi connectivity index (χ4v) is 2.42. The van der Waals surface area contributed by atoms with E-state index in [2.05, 4.69) is 5.32 Å². The van der Waals surface area contributed by atoms with Gasteiger partial charge in [-0.1, -0.05) is 30.7 Å². The predicted octanol–water partition coefficient (Wildman–Crippen LogP) is 4.15. The summed E-state index contributed by atoms with van der Waals surface area (Å²) in [6.07, 6.45) is -0.143. The van der Waals surface area contributed by atoms with Crippen LogP contribution in [-0.2, 0) is 4.79 Å². The van der Waals surface area contributed by atoms with Crippen LogP contribution < -0.4 is 19.5 Å². The topological polar surface area (TPSA) is 56.8 Å². The molecule has 6 heteroatoms. The molecule has 2 aromatic rings. The normalized spacial score (nSPS) is 11.5. The van der Waals surface area contributed by atoms with Gasteiger partial charge in [-0.05, 0) is 36.8 Å². The molecule has 0 aliphatic carbocycles. The highest BCUT2D eigenvalue weighted by Gasteiger charge is 2.20. The summed E-state index contributed by atoms with van der Waals surface area (Å²) in [4.78, 5) is 12.5. The molecule has 0 aliphatic rings. The fourth-order valence-electron chi connectivity index (χ4n) is 2.16. The van der Waals surface area contributed by atoms with E-state index in [0.717, 1.165) is 0 Å². The molecule has 0 aliphatic heterocycles. The molecule has 0 saturated carbocycles. The first-order valence-electron chi connectivity index (χ1n) is 7.53. The standard InChI is InChI=1S/C18H20ClNO4/c1-4-14(24-17-8-6-5-7-16(17)23-3)18(21)20-12-9-10-15(22-2)13(19)11-12/h5-11,14H,4H2,1-3H3,(H,20,21)/t14-/m0/s1. The van der Waals surface area contributed by atoms with Crippen LogP contribution in [0, 0.1) is 0 Å². The number of para-hydroxylation sites is 2. The Morgan fingerprint density at radius 1 is 1.08 bits per heavy atom. The summed E-state index contributed by atoms with van der Waals surface area (Å²) in [7, 11) is 3.09. The molecule has 128 valence electrons. The summed E-state index contributed by atoms with van der Waals surface area (Å²) in [5.41, 5.74) is 0.577. The lowest BCUT2D eigenvalue weighted by Crippen LogP contribution is -2.32. The third-order valence-corrected chi connectivity index (χ3v) is 3.72. The Morgan fingerprint density at radius 3 is 2.33 bits per heavy atom. The largest absolute Gasteiger partial charge is 0.495 e. The first-order valence-corrected chi connectivity index (χ1v) is 7.91. The monoisotopic (exact) mass is 349 g/mol. The summed E-state index contributed by atoms with van der Waals surface area (Å²) in [5.74, 6) is 1.39. The molecular weight excluding hydrogens is 330 g/mol. The van der Waals surface area contributed by atoms with Crippen molar-refractivity contribution in [3.05, 3.63) is 47.5 Å². The van der Waals surface area contributed by atoms with Gasteiger partial charge in [0.15, 0.2) is 17.6 Å². The molecule has 5 nitrogen and oxygen atoms in total. The third kappa shape index (κ3) is 4.32. The summed E-state index contributed by atoms with van der Waals surface area (Å²) < 4.78 is 16.1. The van der Waals surface area contributed by atoms with E-state index in [-0.39, 0.29) is 5.91 Å². The van der Waals surface area contributed by atoms with Gasteiger partial charge < -0.3 is 19.5 Å².